The average molecular weight is 271 g/mol. The Labute approximate surface area is 119 Å². The fraction of sp³-hybridized carbons (Fsp3) is 0.375. The maximum atomic E-state index is 12.3. The fourth-order valence-corrected chi connectivity index (χ4v) is 2.75. The van der Waals surface area contributed by atoms with Gasteiger partial charge in [0.2, 0.25) is 0 Å². The van der Waals surface area contributed by atoms with Crippen LogP contribution in [0.15, 0.2) is 34.9 Å². The van der Waals surface area contributed by atoms with E-state index in [1.807, 2.05) is 18.2 Å². The molecular formula is C16H21N3O. The highest BCUT2D eigenvalue weighted by Crippen LogP contribution is 2.32. The van der Waals surface area contributed by atoms with Crippen LogP contribution >= 0.6 is 0 Å². The number of carbonyl (C=O) groups is 1. The van der Waals surface area contributed by atoms with Gasteiger partial charge in [-0.3, -0.25) is 4.79 Å². The van der Waals surface area contributed by atoms with E-state index in [9.17, 15) is 4.79 Å². The first-order valence-electron chi connectivity index (χ1n) is 6.95. The lowest BCUT2D eigenvalue weighted by Gasteiger charge is -2.21. The molecule has 4 heteroatoms. The fourth-order valence-electron chi connectivity index (χ4n) is 2.75. The highest BCUT2D eigenvalue weighted by Gasteiger charge is 2.26. The van der Waals surface area contributed by atoms with Crippen LogP contribution in [0.4, 0.5) is 0 Å². The number of hydrogen-bond acceptors (Lipinski definition) is 3. The lowest BCUT2D eigenvalue weighted by Crippen LogP contribution is -2.29. The van der Waals surface area contributed by atoms with Crippen LogP contribution in [0.1, 0.15) is 31.4 Å². The molecule has 0 spiro atoms. The number of nitrogens with two attached hydrogens (primary N) is 1. The van der Waals surface area contributed by atoms with E-state index in [4.69, 9.17) is 5.84 Å². The second kappa shape index (κ2) is 6.37. The molecule has 0 fully saturated rings. The van der Waals surface area contributed by atoms with Gasteiger partial charge in [0.1, 0.15) is 6.34 Å². The van der Waals surface area contributed by atoms with E-state index in [0.29, 0.717) is 5.92 Å². The second-order valence-electron chi connectivity index (χ2n) is 5.44. The average Bonchev–Trinajstić information content (AvgIpc) is 2.64. The molecule has 2 rings (SSSR count). The maximum absolute atomic E-state index is 12.3. The van der Waals surface area contributed by atoms with E-state index in [1.54, 1.807) is 0 Å². The number of aryl methyl sites for hydroxylation is 1. The molecule has 0 bridgehead atoms. The molecule has 1 amide bonds. The van der Waals surface area contributed by atoms with Crippen LogP contribution < -0.4 is 11.2 Å². The highest BCUT2D eigenvalue weighted by molar-refractivity contribution is 6.03. The molecule has 1 aromatic carbocycles. The van der Waals surface area contributed by atoms with Crippen molar-refractivity contribution in [1.29, 1.82) is 0 Å². The minimum absolute atomic E-state index is 0.116. The predicted octanol–water partition coefficient (Wildman–Crippen LogP) is 2.31. The van der Waals surface area contributed by atoms with E-state index in [-0.39, 0.29) is 11.8 Å². The van der Waals surface area contributed by atoms with Crippen LogP contribution in [0.3, 0.4) is 0 Å². The number of benzene rings is 1. The standard InChI is InChI=1S/C16H21N3O/c1-11(2)14-8-7-12-5-3-4-6-13(12)9-15(14)16(20)18-10-19-17/h3-6,9-11,14H,7-8,17H2,1-2H3,(H,18,19,20). The number of hydrazone groups is 1. The van der Waals surface area contributed by atoms with Crippen molar-refractivity contribution >= 4 is 18.3 Å². The van der Waals surface area contributed by atoms with Gasteiger partial charge in [0, 0.05) is 5.57 Å². The van der Waals surface area contributed by atoms with Gasteiger partial charge in [-0.25, -0.2) is 0 Å². The number of nitrogens with one attached hydrogen (secondary N) is 1. The summed E-state index contributed by atoms with van der Waals surface area (Å²) < 4.78 is 0. The minimum Gasteiger partial charge on any atom is -0.322 e. The summed E-state index contributed by atoms with van der Waals surface area (Å²) in [6, 6.07) is 8.23. The molecule has 1 unspecified atom stereocenters. The first-order chi connectivity index (χ1) is 9.63. The van der Waals surface area contributed by atoms with Crippen molar-refractivity contribution in [3.05, 3.63) is 41.0 Å². The molecule has 1 atom stereocenters. The van der Waals surface area contributed by atoms with Gasteiger partial charge >= 0.3 is 0 Å². The Balaban J connectivity index is 2.39. The zero-order valence-electron chi connectivity index (χ0n) is 12.0. The van der Waals surface area contributed by atoms with Gasteiger partial charge in [-0.05, 0) is 41.9 Å². The van der Waals surface area contributed by atoms with E-state index in [1.165, 1.54) is 11.9 Å². The Morgan fingerprint density at radius 2 is 2.20 bits per heavy atom. The molecule has 4 nitrogen and oxygen atoms in total. The van der Waals surface area contributed by atoms with Crippen molar-refractivity contribution in [2.45, 2.75) is 26.7 Å². The molecule has 3 N–H and O–H groups in total. The Hall–Kier alpha value is -2.10. The summed E-state index contributed by atoms with van der Waals surface area (Å²) in [5.74, 6) is 5.58. The Morgan fingerprint density at radius 3 is 2.90 bits per heavy atom. The lowest BCUT2D eigenvalue weighted by atomic mass is 9.84. The van der Waals surface area contributed by atoms with Crippen molar-refractivity contribution in [3.8, 4) is 0 Å². The van der Waals surface area contributed by atoms with Crippen molar-refractivity contribution in [2.24, 2.45) is 22.8 Å². The molecule has 20 heavy (non-hydrogen) atoms. The number of hydrogen-bond donors (Lipinski definition) is 2. The summed E-state index contributed by atoms with van der Waals surface area (Å²) >= 11 is 0. The normalized spacial score (nSPS) is 18.6. The summed E-state index contributed by atoms with van der Waals surface area (Å²) in [6.07, 6.45) is 5.22. The summed E-state index contributed by atoms with van der Waals surface area (Å²) in [7, 11) is 0. The SMILES string of the molecule is CC(C)C1CCc2ccccc2C=C1C(=O)NC=NN. The van der Waals surface area contributed by atoms with Crippen LogP contribution in [0.2, 0.25) is 0 Å². The topological polar surface area (TPSA) is 67.5 Å². The molecule has 0 saturated heterocycles. The van der Waals surface area contributed by atoms with Gasteiger partial charge in [0.05, 0.1) is 0 Å². The quantitative estimate of drug-likeness (QED) is 0.383. The maximum Gasteiger partial charge on any atom is 0.252 e. The van der Waals surface area contributed by atoms with Crippen LogP contribution in [-0.4, -0.2) is 12.2 Å². The Bertz CT molecular complexity index is 546. The van der Waals surface area contributed by atoms with E-state index >= 15 is 0 Å². The summed E-state index contributed by atoms with van der Waals surface area (Å²) in [5.41, 5.74) is 3.24. The van der Waals surface area contributed by atoms with Crippen molar-refractivity contribution < 1.29 is 4.79 Å². The number of rotatable bonds is 3. The zero-order chi connectivity index (χ0) is 14.5. The third-order valence-corrected chi connectivity index (χ3v) is 3.83. The molecular weight excluding hydrogens is 250 g/mol. The number of nitrogens with zero attached hydrogens (tertiary/aromatic N) is 1. The van der Waals surface area contributed by atoms with Crippen molar-refractivity contribution in [2.75, 3.05) is 0 Å². The molecule has 1 aromatic rings. The molecule has 1 aliphatic carbocycles. The molecule has 0 aliphatic heterocycles. The number of fused-ring (bicyclic) bond motifs is 1. The van der Waals surface area contributed by atoms with Crippen LogP contribution in [0, 0.1) is 11.8 Å². The molecule has 0 aromatic heterocycles. The van der Waals surface area contributed by atoms with Crippen LogP contribution in [0.25, 0.3) is 6.08 Å². The van der Waals surface area contributed by atoms with Crippen LogP contribution in [-0.2, 0) is 11.2 Å². The second-order valence-corrected chi connectivity index (χ2v) is 5.44. The summed E-state index contributed by atoms with van der Waals surface area (Å²) in [6.45, 7) is 4.30. The van der Waals surface area contributed by atoms with Gasteiger partial charge in [0.15, 0.2) is 0 Å². The highest BCUT2D eigenvalue weighted by atomic mass is 16.1. The molecule has 0 radical (unpaired) electrons. The Morgan fingerprint density at radius 1 is 1.45 bits per heavy atom. The molecule has 106 valence electrons. The van der Waals surface area contributed by atoms with Gasteiger partial charge < -0.3 is 11.2 Å². The largest absolute Gasteiger partial charge is 0.322 e. The van der Waals surface area contributed by atoms with Gasteiger partial charge in [0.25, 0.3) is 5.91 Å². The van der Waals surface area contributed by atoms with Crippen LogP contribution in [0.5, 0.6) is 0 Å². The smallest absolute Gasteiger partial charge is 0.252 e. The van der Waals surface area contributed by atoms with Gasteiger partial charge in [-0.2, -0.15) is 5.10 Å². The zero-order valence-corrected chi connectivity index (χ0v) is 12.0. The lowest BCUT2D eigenvalue weighted by molar-refractivity contribution is -0.116. The van der Waals surface area contributed by atoms with Crippen molar-refractivity contribution in [3.63, 3.8) is 0 Å². The first-order valence-corrected chi connectivity index (χ1v) is 6.95. The minimum atomic E-state index is -0.116. The number of carbonyl (C=O) groups excluding carboxylic acids is 1. The predicted molar refractivity (Wildman–Crippen MR) is 81.9 cm³/mol. The summed E-state index contributed by atoms with van der Waals surface area (Å²) in [5, 5.41) is 5.95. The molecule has 0 heterocycles. The third kappa shape index (κ3) is 3.07. The third-order valence-electron chi connectivity index (χ3n) is 3.83. The first kappa shape index (κ1) is 14.3. The number of amides is 1. The van der Waals surface area contributed by atoms with E-state index < -0.39 is 0 Å². The van der Waals surface area contributed by atoms with Gasteiger partial charge in [-0.15, -0.1) is 0 Å². The molecule has 1 aliphatic rings. The molecule has 0 saturated carbocycles. The summed E-state index contributed by atoms with van der Waals surface area (Å²) in [4.78, 5) is 12.3. The Kier molecular flexibility index (Phi) is 4.56. The van der Waals surface area contributed by atoms with E-state index in [2.05, 4.69) is 36.4 Å². The van der Waals surface area contributed by atoms with Crippen molar-refractivity contribution in [1.82, 2.24) is 5.32 Å². The monoisotopic (exact) mass is 271 g/mol. The van der Waals surface area contributed by atoms with Gasteiger partial charge in [-0.1, -0.05) is 38.1 Å². The van der Waals surface area contributed by atoms with E-state index in [0.717, 1.165) is 24.0 Å².